The molecule has 1 aromatic carbocycles. The zero-order valence-corrected chi connectivity index (χ0v) is 13.2. The number of benzene rings is 1. The van der Waals surface area contributed by atoms with E-state index in [0.29, 0.717) is 5.65 Å². The van der Waals surface area contributed by atoms with E-state index < -0.39 is 0 Å². The lowest BCUT2D eigenvalue weighted by Gasteiger charge is -2.06. The van der Waals surface area contributed by atoms with Crippen molar-refractivity contribution in [2.75, 3.05) is 7.11 Å². The van der Waals surface area contributed by atoms with Gasteiger partial charge >= 0.3 is 0 Å². The largest absolute Gasteiger partial charge is 0.497 e. The summed E-state index contributed by atoms with van der Waals surface area (Å²) in [5.74, 6) is 1.01. The predicted octanol–water partition coefficient (Wildman–Crippen LogP) is 3.13. The molecule has 5 nitrogen and oxygen atoms in total. The average molecular weight is 297 g/mol. The number of ether oxygens (including phenoxy) is 1. The van der Waals surface area contributed by atoms with Gasteiger partial charge in [-0.1, -0.05) is 26.0 Å². The fourth-order valence-corrected chi connectivity index (χ4v) is 2.57. The van der Waals surface area contributed by atoms with Gasteiger partial charge in [-0.15, -0.1) is 0 Å². The SMILES string of the molecule is COc1ccc(-c2c(C)[nH]n3c(=O)cc(C(C)C)nc23)cc1. The molecule has 0 saturated carbocycles. The van der Waals surface area contributed by atoms with Crippen LogP contribution in [0.25, 0.3) is 16.8 Å². The number of nitrogens with zero attached hydrogens (tertiary/aromatic N) is 2. The molecule has 2 heterocycles. The summed E-state index contributed by atoms with van der Waals surface area (Å²) in [4.78, 5) is 16.9. The van der Waals surface area contributed by atoms with Crippen molar-refractivity contribution in [3.63, 3.8) is 0 Å². The van der Waals surface area contributed by atoms with Crippen LogP contribution < -0.4 is 10.3 Å². The molecule has 2 aromatic heterocycles. The number of fused-ring (bicyclic) bond motifs is 1. The highest BCUT2D eigenvalue weighted by atomic mass is 16.5. The molecule has 0 spiro atoms. The summed E-state index contributed by atoms with van der Waals surface area (Å²) in [6.45, 7) is 6.01. The number of H-pyrrole nitrogens is 1. The van der Waals surface area contributed by atoms with Crippen LogP contribution in [-0.4, -0.2) is 21.7 Å². The molecule has 0 atom stereocenters. The van der Waals surface area contributed by atoms with E-state index in [0.717, 1.165) is 28.3 Å². The van der Waals surface area contributed by atoms with Crippen LogP contribution in [0.2, 0.25) is 0 Å². The van der Waals surface area contributed by atoms with Crippen LogP contribution in [0.3, 0.4) is 0 Å². The topological polar surface area (TPSA) is 59.4 Å². The van der Waals surface area contributed by atoms with Gasteiger partial charge in [-0.2, -0.15) is 0 Å². The Morgan fingerprint density at radius 1 is 1.23 bits per heavy atom. The maximum Gasteiger partial charge on any atom is 0.272 e. The van der Waals surface area contributed by atoms with Crippen LogP contribution in [-0.2, 0) is 0 Å². The molecule has 0 fully saturated rings. The van der Waals surface area contributed by atoms with Crippen LogP contribution in [0.15, 0.2) is 35.1 Å². The fourth-order valence-electron chi connectivity index (χ4n) is 2.57. The summed E-state index contributed by atoms with van der Waals surface area (Å²) in [5.41, 5.74) is 4.25. The first-order valence-electron chi connectivity index (χ1n) is 7.28. The van der Waals surface area contributed by atoms with Crippen molar-refractivity contribution in [3.8, 4) is 16.9 Å². The van der Waals surface area contributed by atoms with Crippen molar-refractivity contribution in [2.45, 2.75) is 26.7 Å². The van der Waals surface area contributed by atoms with E-state index in [4.69, 9.17) is 4.74 Å². The molecule has 22 heavy (non-hydrogen) atoms. The normalized spacial score (nSPS) is 11.3. The van der Waals surface area contributed by atoms with Gasteiger partial charge in [-0.05, 0) is 30.5 Å². The Morgan fingerprint density at radius 2 is 1.91 bits per heavy atom. The van der Waals surface area contributed by atoms with Crippen molar-refractivity contribution in [3.05, 3.63) is 52.1 Å². The second-order valence-corrected chi connectivity index (χ2v) is 5.67. The van der Waals surface area contributed by atoms with Gasteiger partial charge in [0.15, 0.2) is 5.65 Å². The lowest BCUT2D eigenvalue weighted by atomic mass is 10.1. The highest BCUT2D eigenvalue weighted by Gasteiger charge is 2.15. The second kappa shape index (κ2) is 5.33. The van der Waals surface area contributed by atoms with Crippen molar-refractivity contribution >= 4 is 5.65 Å². The first kappa shape index (κ1) is 14.4. The minimum atomic E-state index is -0.0865. The van der Waals surface area contributed by atoms with Crippen LogP contribution in [0, 0.1) is 6.92 Å². The van der Waals surface area contributed by atoms with Gasteiger partial charge in [0.25, 0.3) is 5.56 Å². The number of aryl methyl sites for hydroxylation is 1. The molecule has 114 valence electrons. The van der Waals surface area contributed by atoms with E-state index in [2.05, 4.69) is 10.1 Å². The lowest BCUT2D eigenvalue weighted by molar-refractivity contribution is 0.415. The molecule has 0 saturated heterocycles. The summed E-state index contributed by atoms with van der Waals surface area (Å²) in [6, 6.07) is 9.35. The van der Waals surface area contributed by atoms with Crippen molar-refractivity contribution in [2.24, 2.45) is 0 Å². The van der Waals surface area contributed by atoms with Gasteiger partial charge in [0.05, 0.1) is 12.8 Å². The standard InChI is InChI=1S/C17H19N3O2/c1-10(2)14-9-15(21)20-17(18-14)16(11(3)19-20)12-5-7-13(22-4)8-6-12/h5-10,19H,1-4H3. The summed E-state index contributed by atoms with van der Waals surface area (Å²) >= 11 is 0. The van der Waals surface area contributed by atoms with Gasteiger partial charge in [-0.3, -0.25) is 9.89 Å². The van der Waals surface area contributed by atoms with E-state index in [1.54, 1.807) is 13.2 Å². The molecule has 0 aliphatic carbocycles. The molecule has 0 radical (unpaired) electrons. The van der Waals surface area contributed by atoms with E-state index in [1.807, 2.05) is 45.0 Å². The van der Waals surface area contributed by atoms with Crippen LogP contribution in [0.5, 0.6) is 5.75 Å². The minimum Gasteiger partial charge on any atom is -0.497 e. The minimum absolute atomic E-state index is 0.0865. The molecule has 1 N–H and O–H groups in total. The van der Waals surface area contributed by atoms with Gasteiger partial charge in [0.2, 0.25) is 0 Å². The summed E-state index contributed by atoms with van der Waals surface area (Å²) in [6.07, 6.45) is 0. The highest BCUT2D eigenvalue weighted by molar-refractivity contribution is 5.80. The number of hydrogen-bond donors (Lipinski definition) is 1. The Morgan fingerprint density at radius 3 is 2.50 bits per heavy atom. The maximum atomic E-state index is 12.3. The molecule has 0 aliphatic heterocycles. The zero-order chi connectivity index (χ0) is 15.9. The molecule has 0 unspecified atom stereocenters. The molecule has 0 amide bonds. The first-order chi connectivity index (χ1) is 10.5. The van der Waals surface area contributed by atoms with E-state index >= 15 is 0 Å². The Bertz CT molecular complexity index is 873. The lowest BCUT2D eigenvalue weighted by Crippen LogP contribution is -2.16. The van der Waals surface area contributed by atoms with Crippen LogP contribution in [0.1, 0.15) is 31.2 Å². The van der Waals surface area contributed by atoms with E-state index in [-0.39, 0.29) is 11.5 Å². The summed E-state index contributed by atoms with van der Waals surface area (Å²) < 4.78 is 6.70. The number of rotatable bonds is 3. The van der Waals surface area contributed by atoms with Gasteiger partial charge in [0, 0.05) is 17.3 Å². The number of aromatic nitrogens is 3. The quantitative estimate of drug-likeness (QED) is 0.808. The smallest absolute Gasteiger partial charge is 0.272 e. The van der Waals surface area contributed by atoms with Crippen LogP contribution in [0.4, 0.5) is 0 Å². The third-order valence-corrected chi connectivity index (χ3v) is 3.79. The molecule has 3 rings (SSSR count). The van der Waals surface area contributed by atoms with Gasteiger partial charge in [0.1, 0.15) is 5.75 Å². The zero-order valence-electron chi connectivity index (χ0n) is 13.2. The van der Waals surface area contributed by atoms with E-state index in [9.17, 15) is 4.79 Å². The first-order valence-corrected chi connectivity index (χ1v) is 7.28. The molecule has 0 aliphatic rings. The van der Waals surface area contributed by atoms with Crippen molar-refractivity contribution in [1.82, 2.24) is 14.6 Å². The van der Waals surface area contributed by atoms with Gasteiger partial charge in [-0.25, -0.2) is 9.50 Å². The Balaban J connectivity index is 2.27. The maximum absolute atomic E-state index is 12.3. The molecular weight excluding hydrogens is 278 g/mol. The monoisotopic (exact) mass is 297 g/mol. The van der Waals surface area contributed by atoms with E-state index in [1.165, 1.54) is 4.52 Å². The average Bonchev–Trinajstić information content (AvgIpc) is 2.84. The third-order valence-electron chi connectivity index (χ3n) is 3.79. The van der Waals surface area contributed by atoms with Crippen LogP contribution >= 0.6 is 0 Å². The Kier molecular flexibility index (Phi) is 3.48. The number of nitrogens with one attached hydrogen (secondary N) is 1. The summed E-state index contributed by atoms with van der Waals surface area (Å²) in [5, 5.41) is 3.10. The number of methoxy groups -OCH3 is 1. The Labute approximate surface area is 128 Å². The second-order valence-electron chi connectivity index (χ2n) is 5.67. The van der Waals surface area contributed by atoms with Crippen molar-refractivity contribution in [1.29, 1.82) is 0 Å². The molecule has 5 heteroatoms. The molecule has 0 bridgehead atoms. The third kappa shape index (κ3) is 2.28. The fraction of sp³-hybridized carbons (Fsp3) is 0.294. The highest BCUT2D eigenvalue weighted by Crippen LogP contribution is 2.28. The molecular formula is C17H19N3O2. The van der Waals surface area contributed by atoms with Crippen molar-refractivity contribution < 1.29 is 4.74 Å². The molecule has 3 aromatic rings. The van der Waals surface area contributed by atoms with Gasteiger partial charge < -0.3 is 4.74 Å². The Hall–Kier alpha value is -2.56. The predicted molar refractivity (Wildman–Crippen MR) is 86.6 cm³/mol. The number of aromatic amines is 1. The number of hydrogen-bond acceptors (Lipinski definition) is 3. The summed E-state index contributed by atoms with van der Waals surface area (Å²) in [7, 11) is 1.64.